The first-order valence-corrected chi connectivity index (χ1v) is 5.80. The van der Waals surface area contributed by atoms with E-state index in [0.29, 0.717) is 25.0 Å². The van der Waals surface area contributed by atoms with E-state index in [9.17, 15) is 8.78 Å². The van der Waals surface area contributed by atoms with Crippen LogP contribution < -0.4 is 5.32 Å². The number of hydrogen-bond donors (Lipinski definition) is 1. The van der Waals surface area contributed by atoms with Gasteiger partial charge in [0, 0.05) is 19.2 Å². The maximum absolute atomic E-state index is 13.6. The van der Waals surface area contributed by atoms with Crippen LogP contribution in [-0.2, 0) is 11.2 Å². The number of nitrogens with one attached hydrogen (secondary N) is 1. The van der Waals surface area contributed by atoms with Crippen molar-refractivity contribution in [2.75, 3.05) is 26.8 Å². The van der Waals surface area contributed by atoms with Crippen LogP contribution in [0.5, 0.6) is 0 Å². The van der Waals surface area contributed by atoms with Gasteiger partial charge in [-0.1, -0.05) is 6.07 Å². The summed E-state index contributed by atoms with van der Waals surface area (Å²) in [5.41, 5.74) is 0.687. The third kappa shape index (κ3) is 4.40. The fourth-order valence-electron chi connectivity index (χ4n) is 1.63. The van der Waals surface area contributed by atoms with Gasteiger partial charge < -0.3 is 10.1 Å². The Morgan fingerprint density at radius 1 is 1.24 bits per heavy atom. The van der Waals surface area contributed by atoms with E-state index >= 15 is 0 Å². The summed E-state index contributed by atoms with van der Waals surface area (Å²) in [6.07, 6.45) is 1.13. The Bertz CT molecular complexity index is 356. The van der Waals surface area contributed by atoms with Crippen molar-refractivity contribution in [1.29, 1.82) is 0 Å². The summed E-state index contributed by atoms with van der Waals surface area (Å²) >= 11 is 0. The van der Waals surface area contributed by atoms with Crippen LogP contribution in [0, 0.1) is 18.6 Å². The second-order valence-corrected chi connectivity index (χ2v) is 4.00. The smallest absolute Gasteiger partial charge is 0.132 e. The van der Waals surface area contributed by atoms with Gasteiger partial charge in [0.1, 0.15) is 11.6 Å². The maximum atomic E-state index is 13.6. The number of aryl methyl sites for hydroxylation is 1. The van der Waals surface area contributed by atoms with Crippen LogP contribution in [-0.4, -0.2) is 26.8 Å². The summed E-state index contributed by atoms with van der Waals surface area (Å²) < 4.78 is 31.9. The van der Waals surface area contributed by atoms with E-state index < -0.39 is 11.6 Å². The zero-order valence-electron chi connectivity index (χ0n) is 10.4. The molecule has 0 unspecified atom stereocenters. The zero-order chi connectivity index (χ0) is 12.7. The number of rotatable bonds is 7. The summed E-state index contributed by atoms with van der Waals surface area (Å²) in [6.45, 7) is 3.79. The molecule has 4 heteroatoms. The number of benzene rings is 1. The Labute approximate surface area is 101 Å². The summed E-state index contributed by atoms with van der Waals surface area (Å²) in [7, 11) is 1.64. The van der Waals surface area contributed by atoms with Crippen LogP contribution in [0.15, 0.2) is 12.1 Å². The highest BCUT2D eigenvalue weighted by atomic mass is 19.1. The molecule has 0 aliphatic heterocycles. The molecule has 0 amide bonds. The van der Waals surface area contributed by atoms with Crippen molar-refractivity contribution in [3.63, 3.8) is 0 Å². The number of halogens is 2. The second-order valence-electron chi connectivity index (χ2n) is 4.00. The monoisotopic (exact) mass is 243 g/mol. The Balaban J connectivity index is 2.39. The molecule has 1 rings (SSSR count). The van der Waals surface area contributed by atoms with E-state index in [4.69, 9.17) is 4.74 Å². The lowest BCUT2D eigenvalue weighted by Crippen LogP contribution is -2.20. The van der Waals surface area contributed by atoms with Gasteiger partial charge in [-0.05, 0) is 37.9 Å². The van der Waals surface area contributed by atoms with Crippen LogP contribution in [0.1, 0.15) is 17.5 Å². The highest BCUT2D eigenvalue weighted by Gasteiger charge is 2.10. The second kappa shape index (κ2) is 7.35. The number of methoxy groups -OCH3 is 1. The minimum atomic E-state index is -0.454. The molecule has 0 atom stereocenters. The van der Waals surface area contributed by atoms with Crippen molar-refractivity contribution in [2.24, 2.45) is 0 Å². The molecule has 0 saturated carbocycles. The molecule has 0 saturated heterocycles. The highest BCUT2D eigenvalue weighted by molar-refractivity contribution is 5.26. The molecule has 17 heavy (non-hydrogen) atoms. The Hall–Kier alpha value is -1.00. The molecule has 0 radical (unpaired) electrons. The summed E-state index contributed by atoms with van der Waals surface area (Å²) in [5.74, 6) is -0.869. The number of hydrogen-bond acceptors (Lipinski definition) is 2. The van der Waals surface area contributed by atoms with E-state index in [1.54, 1.807) is 14.0 Å². The topological polar surface area (TPSA) is 21.3 Å². The van der Waals surface area contributed by atoms with E-state index in [-0.39, 0.29) is 5.56 Å². The van der Waals surface area contributed by atoms with Crippen molar-refractivity contribution in [3.05, 3.63) is 34.9 Å². The van der Waals surface area contributed by atoms with Crippen LogP contribution >= 0.6 is 0 Å². The Kier molecular flexibility index (Phi) is 6.08. The molecular formula is C13H19F2NO. The molecule has 0 heterocycles. The zero-order valence-corrected chi connectivity index (χ0v) is 10.4. The lowest BCUT2D eigenvalue weighted by molar-refractivity contribution is 0.199. The predicted molar refractivity (Wildman–Crippen MR) is 64.2 cm³/mol. The van der Waals surface area contributed by atoms with E-state index in [2.05, 4.69) is 5.32 Å². The van der Waals surface area contributed by atoms with Gasteiger partial charge in [-0.25, -0.2) is 8.78 Å². The van der Waals surface area contributed by atoms with Gasteiger partial charge in [-0.3, -0.25) is 0 Å². The third-order valence-corrected chi connectivity index (χ3v) is 2.64. The average Bonchev–Trinajstić information content (AvgIpc) is 2.32. The largest absolute Gasteiger partial charge is 0.383 e. The minimum absolute atomic E-state index is 0.193. The van der Waals surface area contributed by atoms with E-state index in [1.807, 2.05) is 0 Å². The molecule has 0 spiro atoms. The normalized spacial score (nSPS) is 10.8. The molecule has 0 aromatic heterocycles. The quantitative estimate of drug-likeness (QED) is 0.743. The molecule has 0 aliphatic carbocycles. The Morgan fingerprint density at radius 3 is 2.71 bits per heavy atom. The summed E-state index contributed by atoms with van der Waals surface area (Å²) in [6, 6.07) is 2.79. The van der Waals surface area contributed by atoms with Crippen molar-refractivity contribution in [1.82, 2.24) is 5.32 Å². The van der Waals surface area contributed by atoms with Crippen LogP contribution in [0.2, 0.25) is 0 Å². The summed E-state index contributed by atoms with van der Waals surface area (Å²) in [5, 5.41) is 3.14. The fourth-order valence-corrected chi connectivity index (χ4v) is 1.63. The highest BCUT2D eigenvalue weighted by Crippen LogP contribution is 2.17. The molecule has 1 aromatic rings. The first-order valence-electron chi connectivity index (χ1n) is 5.80. The van der Waals surface area contributed by atoms with Gasteiger partial charge >= 0.3 is 0 Å². The minimum Gasteiger partial charge on any atom is -0.383 e. The van der Waals surface area contributed by atoms with E-state index in [0.717, 1.165) is 13.1 Å². The lowest BCUT2D eigenvalue weighted by Gasteiger charge is -2.08. The predicted octanol–water partition coefficient (Wildman–Crippen LogP) is 2.44. The van der Waals surface area contributed by atoms with Crippen LogP contribution in [0.25, 0.3) is 0 Å². The molecule has 1 N–H and O–H groups in total. The van der Waals surface area contributed by atoms with E-state index in [1.165, 1.54) is 12.1 Å². The van der Waals surface area contributed by atoms with Crippen molar-refractivity contribution in [2.45, 2.75) is 19.8 Å². The first kappa shape index (κ1) is 14.1. The molecule has 0 bridgehead atoms. The standard InChI is InChI=1S/C13H19F2NO/c1-10-5-6-12(14)11(13(10)15)4-3-7-16-8-9-17-2/h5-6,16H,3-4,7-9H2,1-2H3. The van der Waals surface area contributed by atoms with Gasteiger partial charge in [-0.2, -0.15) is 0 Å². The summed E-state index contributed by atoms with van der Waals surface area (Å²) in [4.78, 5) is 0. The molecular weight excluding hydrogens is 224 g/mol. The van der Waals surface area contributed by atoms with Gasteiger partial charge in [0.15, 0.2) is 0 Å². The third-order valence-electron chi connectivity index (χ3n) is 2.64. The molecule has 1 aromatic carbocycles. The van der Waals surface area contributed by atoms with Gasteiger partial charge in [0.05, 0.1) is 6.61 Å². The Morgan fingerprint density at radius 2 is 2.00 bits per heavy atom. The molecule has 0 aliphatic rings. The average molecular weight is 243 g/mol. The van der Waals surface area contributed by atoms with Gasteiger partial charge in [0.2, 0.25) is 0 Å². The first-order chi connectivity index (χ1) is 8.16. The maximum Gasteiger partial charge on any atom is 0.132 e. The van der Waals surface area contributed by atoms with Gasteiger partial charge in [-0.15, -0.1) is 0 Å². The molecule has 0 fully saturated rings. The molecule has 2 nitrogen and oxygen atoms in total. The van der Waals surface area contributed by atoms with Crippen molar-refractivity contribution < 1.29 is 13.5 Å². The van der Waals surface area contributed by atoms with Gasteiger partial charge in [0.25, 0.3) is 0 Å². The van der Waals surface area contributed by atoms with Crippen LogP contribution in [0.3, 0.4) is 0 Å². The number of ether oxygens (including phenoxy) is 1. The fraction of sp³-hybridized carbons (Fsp3) is 0.538. The SMILES string of the molecule is COCCNCCCc1c(F)ccc(C)c1F. The molecule has 96 valence electrons. The van der Waals surface area contributed by atoms with Crippen LogP contribution in [0.4, 0.5) is 8.78 Å². The van der Waals surface area contributed by atoms with Crippen molar-refractivity contribution in [3.8, 4) is 0 Å². The van der Waals surface area contributed by atoms with Crippen molar-refractivity contribution >= 4 is 0 Å². The lowest BCUT2D eigenvalue weighted by atomic mass is 10.1.